The summed E-state index contributed by atoms with van der Waals surface area (Å²) in [6.07, 6.45) is 4.09. The van der Waals surface area contributed by atoms with Gasteiger partial charge in [0, 0.05) is 17.6 Å². The minimum atomic E-state index is 0.275. The van der Waals surface area contributed by atoms with Crippen LogP contribution in [0.4, 0.5) is 5.69 Å². The number of unbranched alkanes of at least 4 members (excludes halogenated alkanes) is 3. The lowest BCUT2D eigenvalue weighted by atomic mass is 10.1. The largest absolute Gasteiger partial charge is 0.396 e. The van der Waals surface area contributed by atoms with Gasteiger partial charge in [-0.3, -0.25) is 0 Å². The number of nitrogens with one attached hydrogen (secondary N) is 1. The zero-order valence-corrected chi connectivity index (χ0v) is 11.3. The third kappa shape index (κ3) is 5.20. The summed E-state index contributed by atoms with van der Waals surface area (Å²) >= 11 is 3.39. The van der Waals surface area contributed by atoms with Crippen molar-refractivity contribution in [2.45, 2.75) is 25.7 Å². The van der Waals surface area contributed by atoms with Gasteiger partial charge in [0.1, 0.15) is 6.07 Å². The smallest absolute Gasteiger partial charge is 0.101 e. The Labute approximate surface area is 111 Å². The molecular formula is C13H17BrN2O. The predicted molar refractivity (Wildman–Crippen MR) is 72.9 cm³/mol. The number of nitrogens with zero attached hydrogens (tertiary/aromatic N) is 1. The highest BCUT2D eigenvalue weighted by Crippen LogP contribution is 2.20. The lowest BCUT2D eigenvalue weighted by molar-refractivity contribution is 0.283. The van der Waals surface area contributed by atoms with Crippen molar-refractivity contribution in [3.05, 3.63) is 28.2 Å². The van der Waals surface area contributed by atoms with Gasteiger partial charge in [-0.1, -0.05) is 28.8 Å². The van der Waals surface area contributed by atoms with Gasteiger partial charge < -0.3 is 10.4 Å². The van der Waals surface area contributed by atoms with Gasteiger partial charge in [0.2, 0.25) is 0 Å². The summed E-state index contributed by atoms with van der Waals surface area (Å²) in [6, 6.07) is 7.76. The molecule has 0 bridgehead atoms. The summed E-state index contributed by atoms with van der Waals surface area (Å²) in [5.74, 6) is 0. The Morgan fingerprint density at radius 2 is 2.00 bits per heavy atom. The van der Waals surface area contributed by atoms with Gasteiger partial charge in [-0.2, -0.15) is 5.26 Å². The molecular weight excluding hydrogens is 280 g/mol. The number of nitriles is 1. The fourth-order valence-electron chi connectivity index (χ4n) is 1.57. The molecule has 0 aliphatic carbocycles. The van der Waals surface area contributed by atoms with Crippen LogP contribution in [0, 0.1) is 11.3 Å². The van der Waals surface area contributed by atoms with Crippen LogP contribution in [0.25, 0.3) is 0 Å². The normalized spacial score (nSPS) is 9.94. The lowest BCUT2D eigenvalue weighted by Crippen LogP contribution is -2.03. The Morgan fingerprint density at radius 3 is 2.71 bits per heavy atom. The van der Waals surface area contributed by atoms with Crippen molar-refractivity contribution < 1.29 is 5.11 Å². The van der Waals surface area contributed by atoms with Crippen LogP contribution >= 0.6 is 15.9 Å². The van der Waals surface area contributed by atoms with E-state index >= 15 is 0 Å². The zero-order chi connectivity index (χ0) is 12.5. The first kappa shape index (κ1) is 14.0. The molecule has 0 saturated heterocycles. The molecule has 17 heavy (non-hydrogen) atoms. The van der Waals surface area contributed by atoms with Gasteiger partial charge in [-0.25, -0.2) is 0 Å². The molecule has 0 radical (unpaired) electrons. The first-order valence-electron chi connectivity index (χ1n) is 5.82. The van der Waals surface area contributed by atoms with Crippen molar-refractivity contribution in [1.29, 1.82) is 5.26 Å². The SMILES string of the molecule is N#Cc1ccc(Br)cc1NCCCCCCO. The second-order valence-electron chi connectivity index (χ2n) is 3.87. The molecule has 0 aromatic heterocycles. The van der Waals surface area contributed by atoms with Gasteiger partial charge in [-0.15, -0.1) is 0 Å². The van der Waals surface area contributed by atoms with E-state index in [2.05, 4.69) is 27.3 Å². The van der Waals surface area contributed by atoms with Crippen molar-refractivity contribution >= 4 is 21.6 Å². The molecule has 2 N–H and O–H groups in total. The number of rotatable bonds is 7. The average Bonchev–Trinajstić information content (AvgIpc) is 2.34. The van der Waals surface area contributed by atoms with E-state index in [1.165, 1.54) is 0 Å². The molecule has 0 saturated carbocycles. The van der Waals surface area contributed by atoms with Crippen molar-refractivity contribution in [1.82, 2.24) is 0 Å². The van der Waals surface area contributed by atoms with Crippen LogP contribution in [0.1, 0.15) is 31.2 Å². The highest BCUT2D eigenvalue weighted by atomic mass is 79.9. The summed E-state index contributed by atoms with van der Waals surface area (Å²) < 4.78 is 0.972. The Balaban J connectivity index is 2.36. The van der Waals surface area contributed by atoms with Crippen molar-refractivity contribution in [3.63, 3.8) is 0 Å². The standard InChI is InChI=1S/C13H17BrN2O/c14-12-6-5-11(10-15)13(9-12)16-7-3-1-2-4-8-17/h5-6,9,16-17H,1-4,7-8H2. The number of anilines is 1. The monoisotopic (exact) mass is 296 g/mol. The molecule has 1 aromatic carbocycles. The molecule has 0 aliphatic rings. The topological polar surface area (TPSA) is 56.0 Å². The Hall–Kier alpha value is -1.05. The molecule has 1 rings (SSSR count). The molecule has 1 aromatic rings. The van der Waals surface area contributed by atoms with Crippen LogP contribution in [-0.2, 0) is 0 Å². The first-order valence-corrected chi connectivity index (χ1v) is 6.61. The Morgan fingerprint density at radius 1 is 1.24 bits per heavy atom. The predicted octanol–water partition coefficient (Wildman–Crippen LogP) is 3.29. The van der Waals surface area contributed by atoms with Gasteiger partial charge in [0.05, 0.1) is 11.3 Å². The van der Waals surface area contributed by atoms with Crippen LogP contribution in [0.5, 0.6) is 0 Å². The fraction of sp³-hybridized carbons (Fsp3) is 0.462. The molecule has 4 heteroatoms. The van der Waals surface area contributed by atoms with Crippen molar-refractivity contribution in [3.8, 4) is 6.07 Å². The minimum absolute atomic E-state index is 0.275. The van der Waals surface area contributed by atoms with E-state index in [-0.39, 0.29) is 6.61 Å². The van der Waals surface area contributed by atoms with Crippen LogP contribution in [0.3, 0.4) is 0 Å². The maximum atomic E-state index is 8.95. The van der Waals surface area contributed by atoms with E-state index in [0.29, 0.717) is 5.56 Å². The molecule has 92 valence electrons. The van der Waals surface area contributed by atoms with E-state index in [9.17, 15) is 0 Å². The van der Waals surface area contributed by atoms with Crippen molar-refractivity contribution in [2.75, 3.05) is 18.5 Å². The van der Waals surface area contributed by atoms with Gasteiger partial charge in [-0.05, 0) is 31.0 Å². The quantitative estimate of drug-likeness (QED) is 0.759. The van der Waals surface area contributed by atoms with E-state index in [1.54, 1.807) is 6.07 Å². The number of aliphatic hydroxyl groups excluding tert-OH is 1. The summed E-state index contributed by atoms with van der Waals surface area (Å²) in [6.45, 7) is 1.13. The third-order valence-electron chi connectivity index (χ3n) is 2.50. The van der Waals surface area contributed by atoms with Crippen LogP contribution in [0.2, 0.25) is 0 Å². The number of hydrogen-bond acceptors (Lipinski definition) is 3. The maximum Gasteiger partial charge on any atom is 0.101 e. The Bertz CT molecular complexity index is 387. The maximum absolute atomic E-state index is 8.95. The Kier molecular flexibility index (Phi) is 6.68. The molecule has 0 unspecified atom stereocenters. The fourth-order valence-corrected chi connectivity index (χ4v) is 1.93. The van der Waals surface area contributed by atoms with Crippen LogP contribution < -0.4 is 5.32 Å². The van der Waals surface area contributed by atoms with Gasteiger partial charge >= 0.3 is 0 Å². The molecule has 3 nitrogen and oxygen atoms in total. The molecule has 0 atom stereocenters. The number of hydrogen-bond donors (Lipinski definition) is 2. The van der Waals surface area contributed by atoms with E-state index < -0.39 is 0 Å². The summed E-state index contributed by atoms with van der Waals surface area (Å²) in [5.41, 5.74) is 1.55. The van der Waals surface area contributed by atoms with Crippen LogP contribution in [0.15, 0.2) is 22.7 Å². The van der Waals surface area contributed by atoms with E-state index in [0.717, 1.165) is 42.4 Å². The summed E-state index contributed by atoms with van der Waals surface area (Å²) in [4.78, 5) is 0. The second kappa shape index (κ2) is 8.10. The molecule has 0 aliphatic heterocycles. The highest BCUT2D eigenvalue weighted by molar-refractivity contribution is 9.10. The zero-order valence-electron chi connectivity index (χ0n) is 9.75. The van der Waals surface area contributed by atoms with Gasteiger partial charge in [0.15, 0.2) is 0 Å². The highest BCUT2D eigenvalue weighted by Gasteiger charge is 2.01. The summed E-state index contributed by atoms with van der Waals surface area (Å²) in [7, 11) is 0. The minimum Gasteiger partial charge on any atom is -0.396 e. The molecule has 0 spiro atoms. The van der Waals surface area contributed by atoms with Crippen LogP contribution in [-0.4, -0.2) is 18.3 Å². The summed E-state index contributed by atoms with van der Waals surface area (Å²) in [5, 5.41) is 20.9. The van der Waals surface area contributed by atoms with E-state index in [4.69, 9.17) is 10.4 Å². The van der Waals surface area contributed by atoms with Crippen molar-refractivity contribution in [2.24, 2.45) is 0 Å². The lowest BCUT2D eigenvalue weighted by Gasteiger charge is -2.08. The average molecular weight is 297 g/mol. The first-order chi connectivity index (χ1) is 8.27. The number of benzene rings is 1. The third-order valence-corrected chi connectivity index (χ3v) is 3.00. The second-order valence-corrected chi connectivity index (χ2v) is 4.78. The van der Waals surface area contributed by atoms with E-state index in [1.807, 2.05) is 12.1 Å². The number of aliphatic hydroxyl groups is 1. The molecule has 0 amide bonds. The number of halogens is 1. The van der Waals surface area contributed by atoms with Gasteiger partial charge in [0.25, 0.3) is 0 Å². The molecule has 0 fully saturated rings. The molecule has 0 heterocycles.